The van der Waals surface area contributed by atoms with E-state index in [0.717, 1.165) is 0 Å². The zero-order chi connectivity index (χ0) is 7.28. The van der Waals surface area contributed by atoms with Crippen LogP contribution in [-0.4, -0.2) is 42.9 Å². The number of hydrogen-bond donors (Lipinski definition) is 1. The second-order valence-corrected chi connectivity index (χ2v) is 2.11. The Labute approximate surface area is 60.1 Å². The van der Waals surface area contributed by atoms with Crippen molar-refractivity contribution in [3.63, 3.8) is 0 Å². The van der Waals surface area contributed by atoms with E-state index in [-0.39, 0.29) is 5.88 Å². The van der Waals surface area contributed by atoms with E-state index < -0.39 is 6.10 Å². The van der Waals surface area contributed by atoms with Crippen LogP contribution in [0, 0.1) is 0 Å². The molecule has 0 aromatic heterocycles. The molecule has 0 fully saturated rings. The fourth-order valence-electron chi connectivity index (χ4n) is 0.420. The van der Waals surface area contributed by atoms with Crippen LogP contribution in [0.5, 0.6) is 0 Å². The first-order chi connectivity index (χ1) is 4.20. The Kier molecular flexibility index (Phi) is 5.09. The van der Waals surface area contributed by atoms with Crippen LogP contribution in [0.15, 0.2) is 0 Å². The maximum Gasteiger partial charge on any atom is 0.0825 e. The lowest BCUT2D eigenvalue weighted by Gasteiger charge is -2.15. The highest BCUT2D eigenvalue weighted by Crippen LogP contribution is 1.90. The molecule has 0 bridgehead atoms. The van der Waals surface area contributed by atoms with Crippen molar-refractivity contribution in [1.29, 1.82) is 0 Å². The van der Waals surface area contributed by atoms with Crippen LogP contribution in [0.3, 0.4) is 0 Å². The van der Waals surface area contributed by atoms with Crippen LogP contribution in [-0.2, 0) is 4.84 Å². The van der Waals surface area contributed by atoms with E-state index in [1.165, 1.54) is 5.06 Å². The number of aliphatic hydroxyl groups is 1. The van der Waals surface area contributed by atoms with Crippen LogP contribution in [0.2, 0.25) is 0 Å². The Morgan fingerprint density at radius 2 is 2.33 bits per heavy atom. The monoisotopic (exact) mass is 153 g/mol. The Balaban J connectivity index is 3.22. The van der Waals surface area contributed by atoms with Gasteiger partial charge in [-0.3, -0.25) is 0 Å². The molecule has 0 saturated heterocycles. The van der Waals surface area contributed by atoms with Crippen molar-refractivity contribution in [2.45, 2.75) is 6.10 Å². The molecule has 0 aliphatic heterocycles. The molecular weight excluding hydrogens is 142 g/mol. The number of hydroxylamine groups is 2. The molecule has 9 heavy (non-hydrogen) atoms. The van der Waals surface area contributed by atoms with Crippen molar-refractivity contribution in [3.8, 4) is 0 Å². The summed E-state index contributed by atoms with van der Waals surface area (Å²) in [5.41, 5.74) is 0. The average Bonchev–Trinajstić information content (AvgIpc) is 1.87. The molecule has 1 unspecified atom stereocenters. The summed E-state index contributed by atoms with van der Waals surface area (Å²) in [6.45, 7) is 0.444. The van der Waals surface area contributed by atoms with Gasteiger partial charge in [-0.2, -0.15) is 5.06 Å². The van der Waals surface area contributed by atoms with Crippen LogP contribution < -0.4 is 0 Å². The molecule has 0 aromatic rings. The largest absolute Gasteiger partial charge is 0.390 e. The summed E-state index contributed by atoms with van der Waals surface area (Å²) in [6, 6.07) is 0. The van der Waals surface area contributed by atoms with Gasteiger partial charge in [0.05, 0.1) is 19.8 Å². The molecule has 0 aromatic carbocycles. The molecule has 0 heterocycles. The summed E-state index contributed by atoms with van der Waals surface area (Å²) in [5, 5.41) is 10.4. The number of likely N-dealkylation sites (N-methyl/N-ethyl adjacent to an activating group) is 1. The molecule has 0 aliphatic carbocycles. The van der Waals surface area contributed by atoms with Crippen LogP contribution in [0.4, 0.5) is 0 Å². The molecule has 0 radical (unpaired) electrons. The molecule has 0 aliphatic rings. The minimum atomic E-state index is -0.503. The summed E-state index contributed by atoms with van der Waals surface area (Å²) < 4.78 is 0. The Hall–Kier alpha value is 0.170. The number of rotatable bonds is 4. The molecule has 3 nitrogen and oxygen atoms in total. The smallest absolute Gasteiger partial charge is 0.0825 e. The second kappa shape index (κ2) is 4.99. The lowest BCUT2D eigenvalue weighted by Crippen LogP contribution is -2.29. The van der Waals surface area contributed by atoms with E-state index in [1.807, 2.05) is 0 Å². The van der Waals surface area contributed by atoms with Gasteiger partial charge in [-0.1, -0.05) is 0 Å². The number of aliphatic hydroxyl groups excluding tert-OH is 1. The van der Waals surface area contributed by atoms with Gasteiger partial charge in [-0.05, 0) is 0 Å². The third kappa shape index (κ3) is 4.66. The van der Waals surface area contributed by atoms with Crippen molar-refractivity contribution < 1.29 is 9.94 Å². The van der Waals surface area contributed by atoms with E-state index in [9.17, 15) is 0 Å². The third-order valence-electron chi connectivity index (χ3n) is 0.958. The van der Waals surface area contributed by atoms with Crippen molar-refractivity contribution >= 4 is 11.6 Å². The average molecular weight is 154 g/mol. The van der Waals surface area contributed by atoms with E-state index in [4.69, 9.17) is 21.5 Å². The van der Waals surface area contributed by atoms with Crippen molar-refractivity contribution in [1.82, 2.24) is 5.06 Å². The molecule has 1 atom stereocenters. The standard InChI is InChI=1S/C5H12ClNO2/c1-7(9-2)4-5(8)3-6/h5,8H,3-4H2,1-2H3. The molecule has 0 rings (SSSR count). The highest BCUT2D eigenvalue weighted by Gasteiger charge is 2.04. The first-order valence-corrected chi connectivity index (χ1v) is 3.23. The molecule has 1 N–H and O–H groups in total. The Morgan fingerprint density at radius 3 is 2.67 bits per heavy atom. The van der Waals surface area contributed by atoms with Gasteiger partial charge in [-0.25, -0.2) is 0 Å². The number of hydrogen-bond acceptors (Lipinski definition) is 3. The minimum Gasteiger partial charge on any atom is -0.390 e. The fourth-order valence-corrected chi connectivity index (χ4v) is 0.518. The number of nitrogens with zero attached hydrogens (tertiary/aromatic N) is 1. The minimum absolute atomic E-state index is 0.244. The molecule has 0 amide bonds. The molecular formula is C5H12ClNO2. The first kappa shape index (κ1) is 9.17. The van der Waals surface area contributed by atoms with Crippen LogP contribution in [0.1, 0.15) is 0 Å². The number of halogens is 1. The lowest BCUT2D eigenvalue weighted by molar-refractivity contribution is -0.125. The lowest BCUT2D eigenvalue weighted by atomic mass is 10.4. The predicted molar refractivity (Wildman–Crippen MR) is 36.4 cm³/mol. The van der Waals surface area contributed by atoms with Gasteiger partial charge in [0.1, 0.15) is 0 Å². The zero-order valence-electron chi connectivity index (χ0n) is 5.67. The van der Waals surface area contributed by atoms with Crippen LogP contribution in [0.25, 0.3) is 0 Å². The normalized spacial score (nSPS) is 14.3. The molecule has 56 valence electrons. The van der Waals surface area contributed by atoms with Crippen molar-refractivity contribution in [2.24, 2.45) is 0 Å². The SMILES string of the molecule is CON(C)CC(O)CCl. The van der Waals surface area contributed by atoms with Gasteiger partial charge in [0.2, 0.25) is 0 Å². The van der Waals surface area contributed by atoms with E-state index in [2.05, 4.69) is 0 Å². The Morgan fingerprint density at radius 1 is 1.78 bits per heavy atom. The fraction of sp³-hybridized carbons (Fsp3) is 1.00. The van der Waals surface area contributed by atoms with Crippen molar-refractivity contribution in [3.05, 3.63) is 0 Å². The third-order valence-corrected chi connectivity index (χ3v) is 1.31. The second-order valence-electron chi connectivity index (χ2n) is 1.80. The maximum absolute atomic E-state index is 8.91. The maximum atomic E-state index is 8.91. The van der Waals surface area contributed by atoms with Gasteiger partial charge in [0.25, 0.3) is 0 Å². The van der Waals surface area contributed by atoms with Crippen molar-refractivity contribution in [2.75, 3.05) is 26.6 Å². The topological polar surface area (TPSA) is 32.7 Å². The van der Waals surface area contributed by atoms with Gasteiger partial charge in [0.15, 0.2) is 0 Å². The molecule has 4 heteroatoms. The Bertz CT molecular complexity index is 64.0. The van der Waals surface area contributed by atoms with Gasteiger partial charge in [0, 0.05) is 12.9 Å². The highest BCUT2D eigenvalue weighted by molar-refractivity contribution is 6.18. The van der Waals surface area contributed by atoms with Gasteiger partial charge < -0.3 is 9.94 Å². The highest BCUT2D eigenvalue weighted by atomic mass is 35.5. The van der Waals surface area contributed by atoms with Crippen LogP contribution >= 0.6 is 11.6 Å². The summed E-state index contributed by atoms with van der Waals surface area (Å²) in [7, 11) is 3.27. The predicted octanol–water partition coefficient (Wildman–Crippen LogP) is 0.0793. The van der Waals surface area contributed by atoms with E-state index in [0.29, 0.717) is 6.54 Å². The summed E-state index contributed by atoms with van der Waals surface area (Å²) >= 11 is 5.32. The molecule has 0 saturated carbocycles. The van der Waals surface area contributed by atoms with E-state index >= 15 is 0 Å². The summed E-state index contributed by atoms with van der Waals surface area (Å²) in [4.78, 5) is 4.74. The zero-order valence-corrected chi connectivity index (χ0v) is 6.43. The summed E-state index contributed by atoms with van der Waals surface area (Å²) in [5.74, 6) is 0.244. The van der Waals surface area contributed by atoms with E-state index in [1.54, 1.807) is 14.2 Å². The van der Waals surface area contributed by atoms with Gasteiger partial charge >= 0.3 is 0 Å². The first-order valence-electron chi connectivity index (χ1n) is 2.70. The summed E-state index contributed by atoms with van der Waals surface area (Å²) in [6.07, 6.45) is -0.503. The van der Waals surface area contributed by atoms with Gasteiger partial charge in [-0.15, -0.1) is 11.6 Å². The number of alkyl halides is 1. The molecule has 0 spiro atoms. The quantitative estimate of drug-likeness (QED) is 0.459.